The van der Waals surface area contributed by atoms with E-state index in [1.54, 1.807) is 4.57 Å². The van der Waals surface area contributed by atoms with Crippen molar-refractivity contribution in [3.63, 3.8) is 0 Å². The number of hydrogen-bond donors (Lipinski definition) is 3. The summed E-state index contributed by atoms with van der Waals surface area (Å²) < 4.78 is 1.79. The fourth-order valence-corrected chi connectivity index (χ4v) is 4.48. The molecule has 4 rings (SSSR count). The fourth-order valence-electron chi connectivity index (χ4n) is 4.48. The number of aromatic nitrogens is 1. The Balaban J connectivity index is 1.42. The summed E-state index contributed by atoms with van der Waals surface area (Å²) in [6.07, 6.45) is 6.62. The molecule has 0 radical (unpaired) electrons. The summed E-state index contributed by atoms with van der Waals surface area (Å²) in [6.45, 7) is 0.674. The van der Waals surface area contributed by atoms with Gasteiger partial charge in [-0.05, 0) is 56.4 Å². The van der Waals surface area contributed by atoms with Gasteiger partial charge in [0.25, 0.3) is 5.91 Å². The summed E-state index contributed by atoms with van der Waals surface area (Å²) in [4.78, 5) is 12.8. The zero-order valence-corrected chi connectivity index (χ0v) is 14.9. The lowest BCUT2D eigenvalue weighted by Gasteiger charge is -2.29. The summed E-state index contributed by atoms with van der Waals surface area (Å²) in [7, 11) is 0. The van der Waals surface area contributed by atoms with Crippen molar-refractivity contribution in [3.05, 3.63) is 47.3 Å². The van der Waals surface area contributed by atoms with Crippen LogP contribution < -0.4 is 5.32 Å². The molecule has 2 heterocycles. The van der Waals surface area contributed by atoms with Crippen molar-refractivity contribution in [2.75, 3.05) is 0 Å². The van der Waals surface area contributed by atoms with Gasteiger partial charge in [0.15, 0.2) is 17.2 Å². The molecule has 5 nitrogen and oxygen atoms in total. The van der Waals surface area contributed by atoms with Crippen molar-refractivity contribution in [1.29, 1.82) is 0 Å². The first-order valence-corrected chi connectivity index (χ1v) is 9.64. The Kier molecular flexibility index (Phi) is 4.62. The molecule has 5 heteroatoms. The number of aromatic hydroxyl groups is 2. The molecule has 1 fully saturated rings. The van der Waals surface area contributed by atoms with Crippen LogP contribution in [0.25, 0.3) is 0 Å². The number of amides is 1. The molecule has 26 heavy (non-hydrogen) atoms. The van der Waals surface area contributed by atoms with Crippen molar-refractivity contribution in [2.24, 2.45) is 0 Å². The zero-order chi connectivity index (χ0) is 18.1. The van der Waals surface area contributed by atoms with Gasteiger partial charge in [-0.1, -0.05) is 30.3 Å². The molecule has 0 bridgehead atoms. The average molecular weight is 354 g/mol. The van der Waals surface area contributed by atoms with Crippen molar-refractivity contribution >= 4 is 5.91 Å². The molecule has 1 aliphatic heterocycles. The van der Waals surface area contributed by atoms with Gasteiger partial charge in [-0.3, -0.25) is 4.79 Å². The zero-order valence-electron chi connectivity index (χ0n) is 14.9. The third-order valence-electron chi connectivity index (χ3n) is 5.91. The minimum absolute atomic E-state index is 0.123. The van der Waals surface area contributed by atoms with Gasteiger partial charge in [-0.2, -0.15) is 0 Å². The summed E-state index contributed by atoms with van der Waals surface area (Å²) >= 11 is 0. The van der Waals surface area contributed by atoms with Gasteiger partial charge < -0.3 is 20.1 Å². The first-order valence-electron chi connectivity index (χ1n) is 9.64. The highest BCUT2D eigenvalue weighted by Crippen LogP contribution is 2.39. The van der Waals surface area contributed by atoms with Crippen LogP contribution in [-0.2, 0) is 13.0 Å². The van der Waals surface area contributed by atoms with Crippen LogP contribution >= 0.6 is 0 Å². The second-order valence-electron chi connectivity index (χ2n) is 7.53. The van der Waals surface area contributed by atoms with E-state index >= 15 is 0 Å². The largest absolute Gasteiger partial charge is 0.503 e. The maximum atomic E-state index is 12.8. The van der Waals surface area contributed by atoms with Crippen LogP contribution in [0, 0.1) is 0 Å². The lowest BCUT2D eigenvalue weighted by Crippen LogP contribution is -2.38. The predicted octanol–water partition coefficient (Wildman–Crippen LogP) is 3.69. The highest BCUT2D eigenvalue weighted by Gasteiger charge is 2.30. The Morgan fingerprint density at radius 3 is 2.46 bits per heavy atom. The molecule has 0 spiro atoms. The maximum Gasteiger partial charge on any atom is 0.272 e. The lowest BCUT2D eigenvalue weighted by atomic mass is 9.82. The second kappa shape index (κ2) is 7.06. The van der Waals surface area contributed by atoms with E-state index < -0.39 is 0 Å². The Morgan fingerprint density at radius 2 is 1.73 bits per heavy atom. The Labute approximate surface area is 153 Å². The van der Waals surface area contributed by atoms with E-state index in [0.29, 0.717) is 24.6 Å². The van der Waals surface area contributed by atoms with Gasteiger partial charge in [-0.25, -0.2) is 0 Å². The predicted molar refractivity (Wildman–Crippen MR) is 99.6 cm³/mol. The first-order chi connectivity index (χ1) is 12.6. The van der Waals surface area contributed by atoms with E-state index in [9.17, 15) is 15.0 Å². The van der Waals surface area contributed by atoms with Crippen LogP contribution in [0.5, 0.6) is 11.5 Å². The highest BCUT2D eigenvalue weighted by atomic mass is 16.3. The number of fused-ring (bicyclic) bond motifs is 1. The third kappa shape index (κ3) is 3.06. The van der Waals surface area contributed by atoms with Crippen LogP contribution in [0.15, 0.2) is 30.3 Å². The normalized spacial score (nSPS) is 22.6. The van der Waals surface area contributed by atoms with Crippen LogP contribution in [0.2, 0.25) is 0 Å². The molecule has 0 atom stereocenters. The molecule has 1 aromatic carbocycles. The van der Waals surface area contributed by atoms with Crippen LogP contribution in [0.4, 0.5) is 0 Å². The molecule has 3 N–H and O–H groups in total. The standard InChI is InChI=1S/C21H26N2O3/c24-19-17-8-4-5-13-23(17)18(20(19)25)21(26)22-16-11-9-15(10-12-16)14-6-2-1-3-7-14/h1-3,6-7,15-16,24-25H,4-5,8-13H2,(H,22,26). The monoisotopic (exact) mass is 354 g/mol. The number of nitrogens with zero attached hydrogens (tertiary/aromatic N) is 1. The number of nitrogens with one attached hydrogen (secondary N) is 1. The maximum absolute atomic E-state index is 12.8. The van der Waals surface area contributed by atoms with Gasteiger partial charge in [0.2, 0.25) is 0 Å². The van der Waals surface area contributed by atoms with Crippen LogP contribution in [-0.4, -0.2) is 26.7 Å². The minimum atomic E-state index is -0.269. The Bertz CT molecular complexity index is 789. The smallest absolute Gasteiger partial charge is 0.272 e. The first kappa shape index (κ1) is 17.0. The minimum Gasteiger partial charge on any atom is -0.503 e. The summed E-state index contributed by atoms with van der Waals surface area (Å²) in [6, 6.07) is 10.7. The topological polar surface area (TPSA) is 74.5 Å². The van der Waals surface area contributed by atoms with E-state index in [4.69, 9.17) is 0 Å². The number of hydrogen-bond acceptors (Lipinski definition) is 3. The number of benzene rings is 1. The second-order valence-corrected chi connectivity index (χ2v) is 7.53. The van der Waals surface area contributed by atoms with Gasteiger partial charge >= 0.3 is 0 Å². The van der Waals surface area contributed by atoms with Gasteiger partial charge in [-0.15, -0.1) is 0 Å². The molecule has 0 unspecified atom stereocenters. The molecular formula is C21H26N2O3. The molecule has 1 aliphatic carbocycles. The summed E-state index contributed by atoms with van der Waals surface area (Å²) in [5, 5.41) is 23.5. The summed E-state index contributed by atoms with van der Waals surface area (Å²) in [5.74, 6) is -0.100. The van der Waals surface area contributed by atoms with E-state index in [2.05, 4.69) is 29.6 Å². The quantitative estimate of drug-likeness (QED) is 0.787. The van der Waals surface area contributed by atoms with E-state index in [1.807, 2.05) is 6.07 Å². The molecule has 2 aliphatic rings. The van der Waals surface area contributed by atoms with Crippen LogP contribution in [0.3, 0.4) is 0 Å². The number of carbonyl (C=O) groups excluding carboxylic acids is 1. The number of rotatable bonds is 3. The van der Waals surface area contributed by atoms with Crippen molar-refractivity contribution in [3.8, 4) is 11.5 Å². The average Bonchev–Trinajstić information content (AvgIpc) is 2.94. The molecule has 2 aromatic rings. The third-order valence-corrected chi connectivity index (χ3v) is 5.91. The van der Waals surface area contributed by atoms with Crippen LogP contribution in [0.1, 0.15) is 66.2 Å². The van der Waals surface area contributed by atoms with E-state index in [1.165, 1.54) is 5.56 Å². The lowest BCUT2D eigenvalue weighted by molar-refractivity contribution is 0.0912. The van der Waals surface area contributed by atoms with Gasteiger partial charge in [0.05, 0.1) is 5.69 Å². The fraction of sp³-hybridized carbons (Fsp3) is 0.476. The van der Waals surface area contributed by atoms with Gasteiger partial charge in [0, 0.05) is 12.6 Å². The van der Waals surface area contributed by atoms with E-state index in [-0.39, 0.29) is 29.1 Å². The van der Waals surface area contributed by atoms with Crippen molar-refractivity contribution in [2.45, 2.75) is 63.5 Å². The SMILES string of the molecule is O=C(NC1CCC(c2ccccc2)CC1)c1c(O)c(O)c2n1CCCC2. The highest BCUT2D eigenvalue weighted by molar-refractivity contribution is 5.97. The molecule has 138 valence electrons. The molecule has 1 aromatic heterocycles. The molecule has 1 amide bonds. The molecular weight excluding hydrogens is 328 g/mol. The van der Waals surface area contributed by atoms with Gasteiger partial charge in [0.1, 0.15) is 0 Å². The Hall–Kier alpha value is -2.43. The van der Waals surface area contributed by atoms with E-state index in [0.717, 1.165) is 38.5 Å². The Morgan fingerprint density at radius 1 is 1.00 bits per heavy atom. The summed E-state index contributed by atoms with van der Waals surface area (Å²) in [5.41, 5.74) is 2.29. The van der Waals surface area contributed by atoms with Crippen molar-refractivity contribution < 1.29 is 15.0 Å². The molecule has 1 saturated carbocycles. The van der Waals surface area contributed by atoms with Crippen molar-refractivity contribution in [1.82, 2.24) is 9.88 Å². The number of carbonyl (C=O) groups is 1. The molecule has 0 saturated heterocycles.